The van der Waals surface area contributed by atoms with Gasteiger partial charge in [0.15, 0.2) is 18.3 Å². The Balaban J connectivity index is 2.05. The normalized spacial score (nSPS) is 22.4. The number of rotatable bonds is 9. The average Bonchev–Trinajstić information content (AvgIpc) is 2.85. The zero-order valence-electron chi connectivity index (χ0n) is 23.8. The molecule has 0 N–H and O–H groups in total. The van der Waals surface area contributed by atoms with Crippen molar-refractivity contribution in [3.8, 4) is 0 Å². The Morgan fingerprint density at radius 2 is 1.37 bits per heavy atom. The van der Waals surface area contributed by atoms with E-state index in [1.54, 1.807) is 31.5 Å². The number of hydrogen-bond acceptors (Lipinski definition) is 10. The first-order valence-electron chi connectivity index (χ1n) is 12.9. The Kier molecular flexibility index (Phi) is 10.8. The largest absolute Gasteiger partial charge is 0.463 e. The van der Waals surface area contributed by atoms with Crippen molar-refractivity contribution in [1.82, 2.24) is 0 Å². The van der Waals surface area contributed by atoms with Crippen molar-refractivity contribution in [3.63, 3.8) is 0 Å². The maximum absolute atomic E-state index is 12.4. The SMILES string of the molecule is CC(=O)OC[C@H]1O[C@@H](c2ccc(Cl)c(Cc3ccc(P(C)(C)=O)cc3)c2)[C@H](OC(C)=O)C(OC(C)=O)[C@@H]1OC(C)=O. The third-order valence-corrected chi connectivity index (χ3v) is 8.25. The highest BCUT2D eigenvalue weighted by Crippen LogP contribution is 2.39. The molecule has 41 heavy (non-hydrogen) atoms. The minimum Gasteiger partial charge on any atom is -0.463 e. The van der Waals surface area contributed by atoms with E-state index in [0.29, 0.717) is 17.0 Å². The van der Waals surface area contributed by atoms with Crippen molar-refractivity contribution in [2.24, 2.45) is 0 Å². The molecule has 2 aromatic carbocycles. The monoisotopic (exact) mass is 608 g/mol. The number of benzene rings is 2. The van der Waals surface area contributed by atoms with E-state index in [1.165, 1.54) is 27.7 Å². The number of hydrogen-bond donors (Lipinski definition) is 0. The van der Waals surface area contributed by atoms with Crippen LogP contribution in [0.3, 0.4) is 0 Å². The van der Waals surface area contributed by atoms with Gasteiger partial charge in [-0.15, -0.1) is 0 Å². The van der Waals surface area contributed by atoms with E-state index in [0.717, 1.165) is 16.4 Å². The van der Waals surface area contributed by atoms with Gasteiger partial charge < -0.3 is 28.2 Å². The summed E-state index contributed by atoms with van der Waals surface area (Å²) in [6, 6.07) is 12.5. The molecule has 10 nitrogen and oxygen atoms in total. The van der Waals surface area contributed by atoms with Crippen LogP contribution in [0.4, 0.5) is 0 Å². The van der Waals surface area contributed by atoms with Gasteiger partial charge in [0.05, 0.1) is 0 Å². The molecule has 1 unspecified atom stereocenters. The highest BCUT2D eigenvalue weighted by atomic mass is 35.5. The summed E-state index contributed by atoms with van der Waals surface area (Å²) in [7, 11) is -2.41. The first kappa shape index (κ1) is 32.3. The Labute approximate surface area is 243 Å². The molecule has 0 spiro atoms. The third kappa shape index (κ3) is 8.89. The summed E-state index contributed by atoms with van der Waals surface area (Å²) in [6.07, 6.45) is -5.38. The van der Waals surface area contributed by atoms with Crippen molar-refractivity contribution >= 4 is 47.9 Å². The molecule has 2 aromatic rings. The summed E-state index contributed by atoms with van der Waals surface area (Å²) in [6.45, 7) is 7.83. The van der Waals surface area contributed by atoms with Crippen LogP contribution in [0.15, 0.2) is 42.5 Å². The molecule has 0 aromatic heterocycles. The maximum atomic E-state index is 12.4. The molecule has 1 fully saturated rings. The summed E-state index contributed by atoms with van der Waals surface area (Å²) in [5, 5.41) is 1.23. The van der Waals surface area contributed by atoms with Crippen LogP contribution < -0.4 is 5.30 Å². The standard InChI is InChI=1S/C29H34ClO10P/c1-16(31)36-15-25-27(37-17(2)32)29(39-19(4)34)28(38-18(3)33)26(40-25)21-9-12-24(30)22(14-21)13-20-7-10-23(11-8-20)41(5,6)35/h7-12,14,25-29H,13,15H2,1-6H3/t25-,26+,27-,28+,29?/m1/s1. The zero-order valence-corrected chi connectivity index (χ0v) is 25.4. The minimum atomic E-state index is -2.41. The topological polar surface area (TPSA) is 132 Å². The number of esters is 4. The molecule has 0 bridgehead atoms. The number of halogens is 1. The Morgan fingerprint density at radius 1 is 0.805 bits per heavy atom. The highest BCUT2D eigenvalue weighted by molar-refractivity contribution is 7.70. The van der Waals surface area contributed by atoms with Gasteiger partial charge in [-0.2, -0.15) is 0 Å². The summed E-state index contributed by atoms with van der Waals surface area (Å²) in [5.74, 6) is -2.69. The quantitative estimate of drug-likeness (QED) is 0.234. The van der Waals surface area contributed by atoms with Crippen LogP contribution >= 0.6 is 18.7 Å². The van der Waals surface area contributed by atoms with E-state index in [2.05, 4.69) is 0 Å². The second-order valence-corrected chi connectivity index (χ2v) is 13.8. The third-order valence-electron chi connectivity index (χ3n) is 6.34. The van der Waals surface area contributed by atoms with E-state index in [9.17, 15) is 23.7 Å². The lowest BCUT2D eigenvalue weighted by molar-refractivity contribution is -0.254. The molecule has 222 valence electrons. The molecule has 3 rings (SSSR count). The highest BCUT2D eigenvalue weighted by Gasteiger charge is 2.52. The van der Waals surface area contributed by atoms with Crippen LogP contribution in [0.5, 0.6) is 0 Å². The molecular formula is C29H34ClO10P. The van der Waals surface area contributed by atoms with Crippen molar-refractivity contribution in [2.75, 3.05) is 19.9 Å². The first-order valence-corrected chi connectivity index (χ1v) is 15.9. The first-order chi connectivity index (χ1) is 19.1. The Hall–Kier alpha value is -3.20. The number of carbonyl (C=O) groups excluding carboxylic acids is 4. The fourth-order valence-electron chi connectivity index (χ4n) is 4.60. The molecule has 0 saturated carbocycles. The van der Waals surface area contributed by atoms with Crippen LogP contribution in [0.1, 0.15) is 50.5 Å². The molecule has 1 heterocycles. The molecular weight excluding hydrogens is 575 g/mol. The number of ether oxygens (including phenoxy) is 5. The fraction of sp³-hybridized carbons (Fsp3) is 0.448. The van der Waals surface area contributed by atoms with E-state index in [-0.39, 0.29) is 6.61 Å². The van der Waals surface area contributed by atoms with Gasteiger partial charge in [-0.25, -0.2) is 0 Å². The van der Waals surface area contributed by atoms with Crippen molar-refractivity contribution in [1.29, 1.82) is 0 Å². The van der Waals surface area contributed by atoms with Gasteiger partial charge in [0.1, 0.15) is 26.0 Å². The van der Waals surface area contributed by atoms with Gasteiger partial charge in [-0.05, 0) is 42.5 Å². The second-order valence-electron chi connectivity index (χ2n) is 10.2. The molecule has 0 amide bonds. The zero-order chi connectivity index (χ0) is 30.5. The predicted molar refractivity (Wildman–Crippen MR) is 151 cm³/mol. The summed E-state index contributed by atoms with van der Waals surface area (Å²) >= 11 is 6.55. The van der Waals surface area contributed by atoms with Gasteiger partial charge in [0.25, 0.3) is 0 Å². The molecule has 1 saturated heterocycles. The van der Waals surface area contributed by atoms with Crippen LogP contribution in [0.25, 0.3) is 0 Å². The van der Waals surface area contributed by atoms with Crippen LogP contribution in [0.2, 0.25) is 5.02 Å². The lowest BCUT2D eigenvalue weighted by atomic mass is 9.89. The molecule has 0 aliphatic carbocycles. The van der Waals surface area contributed by atoms with E-state index < -0.39 is 61.5 Å². The molecule has 12 heteroatoms. The van der Waals surface area contributed by atoms with Crippen LogP contribution in [-0.2, 0) is 53.8 Å². The summed E-state index contributed by atoms with van der Waals surface area (Å²) < 4.78 is 40.4. The fourth-order valence-corrected chi connectivity index (χ4v) is 5.65. The molecule has 5 atom stereocenters. The van der Waals surface area contributed by atoms with Crippen LogP contribution in [0, 0.1) is 0 Å². The molecule has 0 radical (unpaired) electrons. The van der Waals surface area contributed by atoms with Crippen LogP contribution in [-0.4, -0.2) is 68.2 Å². The van der Waals surface area contributed by atoms with Crippen molar-refractivity contribution < 1.29 is 47.4 Å². The summed E-state index contributed by atoms with van der Waals surface area (Å²) in [4.78, 5) is 47.9. The van der Waals surface area contributed by atoms with E-state index >= 15 is 0 Å². The van der Waals surface area contributed by atoms with Gasteiger partial charge in [-0.1, -0.05) is 48.0 Å². The lowest BCUT2D eigenvalue weighted by Crippen LogP contribution is -2.59. The van der Waals surface area contributed by atoms with E-state index in [1.807, 2.05) is 24.3 Å². The van der Waals surface area contributed by atoms with Gasteiger partial charge >= 0.3 is 23.9 Å². The Morgan fingerprint density at radius 3 is 1.90 bits per heavy atom. The Bertz CT molecular complexity index is 1340. The average molecular weight is 609 g/mol. The predicted octanol–water partition coefficient (Wildman–Crippen LogP) is 3.98. The van der Waals surface area contributed by atoms with Gasteiger partial charge in [-0.3, -0.25) is 19.2 Å². The molecule has 1 aliphatic rings. The van der Waals surface area contributed by atoms with Crippen molar-refractivity contribution in [2.45, 2.75) is 64.6 Å². The molecule has 1 aliphatic heterocycles. The van der Waals surface area contributed by atoms with Gasteiger partial charge in [0.2, 0.25) is 0 Å². The second kappa shape index (κ2) is 13.6. The minimum absolute atomic E-state index is 0.320. The van der Waals surface area contributed by atoms with E-state index in [4.69, 9.17) is 35.3 Å². The number of carbonyl (C=O) groups is 4. The maximum Gasteiger partial charge on any atom is 0.303 e. The lowest BCUT2D eigenvalue weighted by Gasteiger charge is -2.44. The smallest absolute Gasteiger partial charge is 0.303 e. The van der Waals surface area contributed by atoms with Crippen molar-refractivity contribution in [3.05, 3.63) is 64.2 Å². The van der Waals surface area contributed by atoms with Gasteiger partial charge in [0, 0.05) is 38.0 Å². The summed E-state index contributed by atoms with van der Waals surface area (Å²) in [5.41, 5.74) is 2.17.